The number of fused-ring (bicyclic) bond motifs is 1. The molecule has 104 valence electrons. The van der Waals surface area contributed by atoms with Gasteiger partial charge < -0.3 is 4.57 Å². The van der Waals surface area contributed by atoms with Crippen molar-refractivity contribution in [3.05, 3.63) is 44.4 Å². The Balaban J connectivity index is 2.18. The second-order valence-electron chi connectivity index (χ2n) is 4.65. The van der Waals surface area contributed by atoms with E-state index in [1.807, 2.05) is 6.07 Å². The molecule has 20 heavy (non-hydrogen) atoms. The monoisotopic (exact) mass is 369 g/mol. The lowest BCUT2D eigenvalue weighted by molar-refractivity contribution is 0.639. The Hall–Kier alpha value is -0.910. The molecular weight excluding hydrogens is 358 g/mol. The van der Waals surface area contributed by atoms with Gasteiger partial charge in [0, 0.05) is 20.4 Å². The van der Waals surface area contributed by atoms with E-state index in [1.54, 1.807) is 17.5 Å². The van der Waals surface area contributed by atoms with Crippen LogP contribution in [0.1, 0.15) is 28.5 Å². The first-order valence-electron chi connectivity index (χ1n) is 6.25. The first kappa shape index (κ1) is 14.0. The Morgan fingerprint density at radius 2 is 2.25 bits per heavy atom. The minimum Gasteiger partial charge on any atom is -0.304 e. The second kappa shape index (κ2) is 5.47. The molecule has 0 bridgehead atoms. The summed E-state index contributed by atoms with van der Waals surface area (Å²) in [6.07, 6.45) is 1.80. The molecule has 6 heteroatoms. The molecule has 0 saturated carbocycles. The number of imidazole rings is 1. The molecule has 0 radical (unpaired) electrons. The van der Waals surface area contributed by atoms with Gasteiger partial charge in [0.15, 0.2) is 5.65 Å². The van der Waals surface area contributed by atoms with Crippen molar-refractivity contribution in [1.29, 1.82) is 0 Å². The summed E-state index contributed by atoms with van der Waals surface area (Å²) in [5.41, 5.74) is 1.75. The first-order valence-corrected chi connectivity index (χ1v) is 8.39. The molecule has 0 N–H and O–H groups in total. The van der Waals surface area contributed by atoms with Crippen molar-refractivity contribution in [2.45, 2.75) is 25.8 Å². The van der Waals surface area contributed by atoms with Crippen molar-refractivity contribution < 1.29 is 0 Å². The zero-order valence-corrected chi connectivity index (χ0v) is 14.3. The number of hydrogen-bond donors (Lipinski definition) is 0. The van der Waals surface area contributed by atoms with E-state index in [4.69, 9.17) is 11.6 Å². The topological polar surface area (TPSA) is 30.7 Å². The van der Waals surface area contributed by atoms with E-state index in [-0.39, 0.29) is 6.04 Å². The molecule has 0 saturated heterocycles. The molecule has 0 aliphatic heterocycles. The van der Waals surface area contributed by atoms with Crippen LogP contribution < -0.4 is 0 Å². The Labute approximate surface area is 134 Å². The highest BCUT2D eigenvalue weighted by atomic mass is 79.9. The van der Waals surface area contributed by atoms with E-state index in [2.05, 4.69) is 56.4 Å². The predicted octanol–water partition coefficient (Wildman–Crippen LogP) is 4.91. The van der Waals surface area contributed by atoms with E-state index in [1.165, 1.54) is 9.75 Å². The summed E-state index contributed by atoms with van der Waals surface area (Å²) in [5, 5.41) is 0. The summed E-state index contributed by atoms with van der Waals surface area (Å²) in [6, 6.07) is 6.45. The molecule has 0 amide bonds. The molecule has 0 aromatic carbocycles. The number of halogens is 2. The Bertz CT molecular complexity index is 765. The van der Waals surface area contributed by atoms with E-state index < -0.39 is 0 Å². The van der Waals surface area contributed by atoms with Crippen LogP contribution in [0.4, 0.5) is 0 Å². The normalized spacial score (nSPS) is 13.0. The zero-order valence-electron chi connectivity index (χ0n) is 11.1. The predicted molar refractivity (Wildman–Crippen MR) is 87.7 cm³/mol. The molecule has 1 unspecified atom stereocenters. The molecule has 0 aliphatic rings. The molecule has 0 spiro atoms. The lowest BCUT2D eigenvalue weighted by Gasteiger charge is -2.14. The Morgan fingerprint density at radius 1 is 1.45 bits per heavy atom. The van der Waals surface area contributed by atoms with Crippen LogP contribution in [-0.2, 0) is 5.88 Å². The fourth-order valence-electron chi connectivity index (χ4n) is 2.31. The van der Waals surface area contributed by atoms with Crippen molar-refractivity contribution in [1.82, 2.24) is 14.5 Å². The highest BCUT2D eigenvalue weighted by molar-refractivity contribution is 9.10. The quantitative estimate of drug-likeness (QED) is 0.613. The summed E-state index contributed by atoms with van der Waals surface area (Å²) < 4.78 is 3.05. The standard InChI is InChI=1S/C14H13BrClN3S/c1-8-3-4-12(20-8)9(2)19-13(6-16)18-11-5-10(15)7-17-14(11)19/h3-5,7,9H,6H2,1-2H3. The summed E-state index contributed by atoms with van der Waals surface area (Å²) in [4.78, 5) is 11.7. The van der Waals surface area contributed by atoms with Gasteiger partial charge in [0.2, 0.25) is 0 Å². The SMILES string of the molecule is Cc1ccc(C(C)n2c(CCl)nc3cc(Br)cnc32)s1. The van der Waals surface area contributed by atoms with Crippen molar-refractivity contribution in [3.8, 4) is 0 Å². The maximum Gasteiger partial charge on any atom is 0.160 e. The molecule has 3 rings (SSSR count). The van der Waals surface area contributed by atoms with Gasteiger partial charge in [-0.05, 0) is 48.0 Å². The average molecular weight is 371 g/mol. The van der Waals surface area contributed by atoms with Crippen molar-refractivity contribution in [3.63, 3.8) is 0 Å². The van der Waals surface area contributed by atoms with Crippen LogP contribution in [0, 0.1) is 6.92 Å². The lowest BCUT2D eigenvalue weighted by atomic mass is 10.2. The van der Waals surface area contributed by atoms with Crippen LogP contribution in [0.15, 0.2) is 28.9 Å². The number of pyridine rings is 1. The zero-order chi connectivity index (χ0) is 14.3. The van der Waals surface area contributed by atoms with Gasteiger partial charge in [-0.1, -0.05) is 0 Å². The number of aromatic nitrogens is 3. The summed E-state index contributed by atoms with van der Waals surface area (Å²) in [5.74, 6) is 1.23. The van der Waals surface area contributed by atoms with Crippen molar-refractivity contribution >= 4 is 50.0 Å². The lowest BCUT2D eigenvalue weighted by Crippen LogP contribution is -2.09. The maximum atomic E-state index is 6.06. The summed E-state index contributed by atoms with van der Waals surface area (Å²) in [7, 11) is 0. The molecule has 1 atom stereocenters. The van der Waals surface area contributed by atoms with Crippen LogP contribution in [0.3, 0.4) is 0 Å². The van der Waals surface area contributed by atoms with Gasteiger partial charge in [-0.2, -0.15) is 0 Å². The molecule has 0 fully saturated rings. The van der Waals surface area contributed by atoms with Gasteiger partial charge in [-0.3, -0.25) is 0 Å². The Kier molecular flexibility index (Phi) is 3.84. The third kappa shape index (κ3) is 2.38. The van der Waals surface area contributed by atoms with Gasteiger partial charge in [0.1, 0.15) is 11.3 Å². The highest BCUT2D eigenvalue weighted by Crippen LogP contribution is 2.30. The highest BCUT2D eigenvalue weighted by Gasteiger charge is 2.19. The van der Waals surface area contributed by atoms with Crippen molar-refractivity contribution in [2.24, 2.45) is 0 Å². The smallest absolute Gasteiger partial charge is 0.160 e. The van der Waals surface area contributed by atoms with Gasteiger partial charge >= 0.3 is 0 Å². The second-order valence-corrected chi connectivity index (χ2v) is 7.15. The Morgan fingerprint density at radius 3 is 2.90 bits per heavy atom. The van der Waals surface area contributed by atoms with E-state index in [0.717, 1.165) is 21.5 Å². The summed E-state index contributed by atoms with van der Waals surface area (Å²) in [6.45, 7) is 4.27. The molecular formula is C14H13BrClN3S. The van der Waals surface area contributed by atoms with Crippen LogP contribution in [0.5, 0.6) is 0 Å². The van der Waals surface area contributed by atoms with Gasteiger partial charge in [0.05, 0.1) is 11.9 Å². The molecule has 3 nitrogen and oxygen atoms in total. The van der Waals surface area contributed by atoms with Crippen molar-refractivity contribution in [2.75, 3.05) is 0 Å². The minimum atomic E-state index is 0.182. The molecule has 0 aliphatic carbocycles. The van der Waals surface area contributed by atoms with E-state index in [9.17, 15) is 0 Å². The van der Waals surface area contributed by atoms with Gasteiger partial charge in [0.25, 0.3) is 0 Å². The van der Waals surface area contributed by atoms with Crippen LogP contribution in [0.2, 0.25) is 0 Å². The number of aryl methyl sites for hydroxylation is 1. The third-order valence-corrected chi connectivity index (χ3v) is 5.09. The fourth-order valence-corrected chi connectivity index (χ4v) is 3.74. The fraction of sp³-hybridized carbons (Fsp3) is 0.286. The number of rotatable bonds is 3. The van der Waals surface area contributed by atoms with E-state index >= 15 is 0 Å². The first-order chi connectivity index (χ1) is 9.60. The van der Waals surface area contributed by atoms with Gasteiger partial charge in [-0.15, -0.1) is 22.9 Å². The maximum absolute atomic E-state index is 6.06. The van der Waals surface area contributed by atoms with Crippen LogP contribution >= 0.6 is 38.9 Å². The van der Waals surface area contributed by atoms with Gasteiger partial charge in [-0.25, -0.2) is 9.97 Å². The van der Waals surface area contributed by atoms with E-state index in [0.29, 0.717) is 5.88 Å². The number of nitrogens with zero attached hydrogens (tertiary/aromatic N) is 3. The molecule has 3 heterocycles. The number of hydrogen-bond acceptors (Lipinski definition) is 3. The minimum absolute atomic E-state index is 0.182. The average Bonchev–Trinajstić information content (AvgIpc) is 3.00. The number of alkyl halides is 1. The summed E-state index contributed by atoms with van der Waals surface area (Å²) >= 11 is 11.3. The molecule has 3 aromatic rings. The number of thiophene rings is 1. The third-order valence-electron chi connectivity index (χ3n) is 3.25. The van der Waals surface area contributed by atoms with Crippen LogP contribution in [0.25, 0.3) is 11.2 Å². The molecule has 3 aromatic heterocycles. The largest absolute Gasteiger partial charge is 0.304 e. The van der Waals surface area contributed by atoms with Crippen LogP contribution in [-0.4, -0.2) is 14.5 Å².